The molecule has 0 atom stereocenters. The summed E-state index contributed by atoms with van der Waals surface area (Å²) in [6.07, 6.45) is 0. The van der Waals surface area contributed by atoms with Crippen molar-refractivity contribution in [2.24, 2.45) is 0 Å². The van der Waals surface area contributed by atoms with Crippen molar-refractivity contribution < 1.29 is 14.1 Å². The first-order valence-corrected chi connectivity index (χ1v) is 2.76. The van der Waals surface area contributed by atoms with Gasteiger partial charge in [0.25, 0.3) is 0 Å². The number of halogens is 2. The molecular weight excluding hydrogens is 148 g/mol. The summed E-state index contributed by atoms with van der Waals surface area (Å²) in [7, 11) is 0. The number of rotatable bonds is 0. The second kappa shape index (κ2) is 6.25. The number of ether oxygens (including phenoxy) is 1. The van der Waals surface area contributed by atoms with Gasteiger partial charge < -0.3 is 4.74 Å². The third kappa shape index (κ3) is 4.62. The fraction of sp³-hybridized carbons (Fsp3) is 1.00. The molecule has 1 aliphatic heterocycles. The maximum absolute atomic E-state index is 5.03. The van der Waals surface area contributed by atoms with Crippen molar-refractivity contribution >= 4 is 12.8 Å². The smallest absolute Gasteiger partial charge is 0.0603 e. The number of hydrogen-bond acceptors (Lipinski definition) is 2. The van der Waals surface area contributed by atoms with E-state index in [1.807, 2.05) is 4.31 Å². The van der Waals surface area contributed by atoms with Gasteiger partial charge >= 0.3 is 0 Å². The van der Waals surface area contributed by atoms with Gasteiger partial charge in [0, 0.05) is 25.9 Å². The third-order valence-electron chi connectivity index (χ3n) is 0.970. The van der Waals surface area contributed by atoms with Crippen molar-refractivity contribution in [2.45, 2.75) is 0 Å². The first-order valence-electron chi connectivity index (χ1n) is 2.39. The maximum atomic E-state index is 5.03. The molecule has 2 nitrogen and oxygen atoms in total. The van der Waals surface area contributed by atoms with E-state index in [2.05, 4.69) is 0 Å². The molecule has 0 aromatic rings. The van der Waals surface area contributed by atoms with Crippen LogP contribution in [0.15, 0.2) is 0 Å². The Labute approximate surface area is 58.4 Å². The average Bonchev–Trinajstić information content (AvgIpc) is 1.69. The zero-order valence-corrected chi connectivity index (χ0v) is 5.73. The number of hydrogen-bond donors (Lipinski definition) is 0. The molecule has 0 unspecified atom stereocenters. The summed E-state index contributed by atoms with van der Waals surface area (Å²) in [6.45, 7) is 3.44. The van der Waals surface area contributed by atoms with Gasteiger partial charge in [-0.25, -0.2) is 4.31 Å². The molecule has 1 heterocycles. The van der Waals surface area contributed by atoms with E-state index in [-0.39, 0.29) is 9.41 Å². The van der Waals surface area contributed by atoms with Crippen LogP contribution in [0.3, 0.4) is 0 Å². The van der Waals surface area contributed by atoms with Crippen LogP contribution in [0.5, 0.6) is 0 Å². The highest BCUT2D eigenvalue weighted by molar-refractivity contribution is 7.77. The van der Waals surface area contributed by atoms with Crippen LogP contribution in [-0.2, 0) is 4.74 Å². The van der Waals surface area contributed by atoms with E-state index in [1.165, 1.54) is 0 Å². The topological polar surface area (TPSA) is 12.5 Å². The minimum absolute atomic E-state index is 0. The molecular formula is C4H10F2NOS. The highest BCUT2D eigenvalue weighted by Gasteiger charge is 2.04. The predicted octanol–water partition coefficient (Wildman–Crippen LogP) is 0.736. The van der Waals surface area contributed by atoms with Crippen LogP contribution >= 0.6 is 12.8 Å². The first kappa shape index (κ1) is 11.9. The lowest BCUT2D eigenvalue weighted by Gasteiger charge is -2.18. The van der Waals surface area contributed by atoms with E-state index < -0.39 is 0 Å². The molecule has 0 N–H and O–H groups in total. The van der Waals surface area contributed by atoms with Crippen LogP contribution in [0, 0.1) is 0 Å². The molecule has 0 aromatic heterocycles. The molecule has 9 heavy (non-hydrogen) atoms. The normalized spacial score (nSPS) is 19.7. The second-order valence-electron chi connectivity index (χ2n) is 1.54. The SMILES string of the molecule is F.F.[S]N1CCOCC1. The van der Waals surface area contributed by atoms with Gasteiger partial charge in [0.05, 0.1) is 13.2 Å². The van der Waals surface area contributed by atoms with Gasteiger partial charge in [0.15, 0.2) is 0 Å². The fourth-order valence-electron chi connectivity index (χ4n) is 0.547. The van der Waals surface area contributed by atoms with Gasteiger partial charge in [0.2, 0.25) is 0 Å². The highest BCUT2D eigenvalue weighted by Crippen LogP contribution is 1.97. The highest BCUT2D eigenvalue weighted by atomic mass is 32.1. The molecule has 1 aliphatic rings. The van der Waals surface area contributed by atoms with Crippen LogP contribution < -0.4 is 0 Å². The third-order valence-corrected chi connectivity index (χ3v) is 1.34. The Morgan fingerprint density at radius 1 is 1.11 bits per heavy atom. The summed E-state index contributed by atoms with van der Waals surface area (Å²) in [5, 5.41) is 0. The Bertz CT molecular complexity index is 60.5. The van der Waals surface area contributed by atoms with Crippen molar-refractivity contribution in [2.75, 3.05) is 26.3 Å². The zero-order chi connectivity index (χ0) is 5.11. The quantitative estimate of drug-likeness (QED) is 0.515. The molecule has 0 aliphatic carbocycles. The summed E-state index contributed by atoms with van der Waals surface area (Å²) in [5.41, 5.74) is 0. The average molecular weight is 158 g/mol. The van der Waals surface area contributed by atoms with Crippen LogP contribution in [0.2, 0.25) is 0 Å². The van der Waals surface area contributed by atoms with Crippen molar-refractivity contribution in [3.8, 4) is 0 Å². The van der Waals surface area contributed by atoms with Gasteiger partial charge in [-0.05, 0) is 0 Å². The number of morpholine rings is 1. The molecule has 1 saturated heterocycles. The Hall–Kier alpha value is 0.130. The largest absolute Gasteiger partial charge is 0.379 e. The van der Waals surface area contributed by atoms with Crippen molar-refractivity contribution in [3.63, 3.8) is 0 Å². The lowest BCUT2D eigenvalue weighted by atomic mass is 10.5. The molecule has 1 radical (unpaired) electrons. The summed E-state index contributed by atoms with van der Waals surface area (Å²) < 4.78 is 6.88. The minimum atomic E-state index is 0. The first-order chi connectivity index (χ1) is 3.39. The van der Waals surface area contributed by atoms with Crippen LogP contribution in [0.25, 0.3) is 0 Å². The van der Waals surface area contributed by atoms with E-state index in [9.17, 15) is 0 Å². The van der Waals surface area contributed by atoms with E-state index in [4.69, 9.17) is 17.6 Å². The monoisotopic (exact) mass is 158 g/mol. The fourth-order valence-corrected chi connectivity index (χ4v) is 0.696. The van der Waals surface area contributed by atoms with Crippen LogP contribution in [0.1, 0.15) is 0 Å². The van der Waals surface area contributed by atoms with Crippen LogP contribution in [-0.4, -0.2) is 30.6 Å². The molecule has 0 amide bonds. The van der Waals surface area contributed by atoms with E-state index in [0.717, 1.165) is 26.3 Å². The Kier molecular flexibility index (Phi) is 8.25. The molecule has 1 fully saturated rings. The van der Waals surface area contributed by atoms with E-state index in [1.54, 1.807) is 0 Å². The molecule has 0 bridgehead atoms. The van der Waals surface area contributed by atoms with Crippen molar-refractivity contribution in [1.82, 2.24) is 4.31 Å². The summed E-state index contributed by atoms with van der Waals surface area (Å²) in [4.78, 5) is 0. The van der Waals surface area contributed by atoms with Gasteiger partial charge in [-0.1, -0.05) is 0 Å². The van der Waals surface area contributed by atoms with Gasteiger partial charge in [-0.2, -0.15) is 0 Å². The van der Waals surface area contributed by atoms with Crippen LogP contribution in [0.4, 0.5) is 9.41 Å². The van der Waals surface area contributed by atoms with Gasteiger partial charge in [-0.15, -0.1) is 0 Å². The predicted molar refractivity (Wildman–Crippen MR) is 35.0 cm³/mol. The Morgan fingerprint density at radius 3 is 1.78 bits per heavy atom. The van der Waals surface area contributed by atoms with Gasteiger partial charge in [0.1, 0.15) is 0 Å². The summed E-state index contributed by atoms with van der Waals surface area (Å²) >= 11 is 4.84. The molecule has 57 valence electrons. The molecule has 0 saturated carbocycles. The second-order valence-corrected chi connectivity index (χ2v) is 2.06. The number of nitrogens with zero attached hydrogens (tertiary/aromatic N) is 1. The van der Waals surface area contributed by atoms with Gasteiger partial charge in [-0.3, -0.25) is 9.41 Å². The molecule has 1 rings (SSSR count). The van der Waals surface area contributed by atoms with Crippen molar-refractivity contribution in [1.29, 1.82) is 0 Å². The molecule has 0 spiro atoms. The molecule has 5 heteroatoms. The Morgan fingerprint density at radius 2 is 1.56 bits per heavy atom. The van der Waals surface area contributed by atoms with Crippen molar-refractivity contribution in [3.05, 3.63) is 0 Å². The summed E-state index contributed by atoms with van der Waals surface area (Å²) in [5.74, 6) is 0. The standard InChI is InChI=1S/C4H8NOS.2FH/c7-5-1-3-6-4-2-5;;/h1-4H2;2*1H. The van der Waals surface area contributed by atoms with E-state index >= 15 is 0 Å². The zero-order valence-electron chi connectivity index (χ0n) is 4.91. The van der Waals surface area contributed by atoms with E-state index in [0.29, 0.717) is 0 Å². The summed E-state index contributed by atoms with van der Waals surface area (Å²) in [6, 6.07) is 0. The minimum Gasteiger partial charge on any atom is -0.379 e. The Balaban J connectivity index is 0. The molecule has 0 aromatic carbocycles. The maximum Gasteiger partial charge on any atom is 0.0603 e. The lowest BCUT2D eigenvalue weighted by molar-refractivity contribution is 0.0781. The lowest BCUT2D eigenvalue weighted by Crippen LogP contribution is -2.28.